The van der Waals surface area contributed by atoms with Crippen LogP contribution in [-0.2, 0) is 10.0 Å². The first-order valence-electron chi connectivity index (χ1n) is 7.33. The molecule has 1 aliphatic heterocycles. The van der Waals surface area contributed by atoms with Crippen molar-refractivity contribution in [2.45, 2.75) is 17.4 Å². The number of methoxy groups -OCH3 is 2. The van der Waals surface area contributed by atoms with Crippen molar-refractivity contribution in [1.82, 2.24) is 9.29 Å². The van der Waals surface area contributed by atoms with Gasteiger partial charge in [-0.15, -0.1) is 0 Å². The van der Waals surface area contributed by atoms with Crippen LogP contribution >= 0.6 is 11.3 Å². The van der Waals surface area contributed by atoms with Gasteiger partial charge in [0.05, 0.1) is 20.8 Å². The van der Waals surface area contributed by atoms with Gasteiger partial charge in [-0.2, -0.15) is 4.31 Å². The lowest BCUT2D eigenvalue weighted by atomic mass is 10.3. The van der Waals surface area contributed by atoms with E-state index in [1.165, 1.54) is 35.9 Å². The maximum Gasteiger partial charge on any atom is 0.273 e. The third-order valence-corrected chi connectivity index (χ3v) is 6.32. The van der Waals surface area contributed by atoms with Crippen molar-refractivity contribution in [2.24, 2.45) is 0 Å². The second-order valence-corrected chi connectivity index (χ2v) is 7.97. The third kappa shape index (κ3) is 3.33. The van der Waals surface area contributed by atoms with Gasteiger partial charge in [-0.3, -0.25) is 0 Å². The summed E-state index contributed by atoms with van der Waals surface area (Å²) < 4.78 is 43.4. The number of hydrogen-bond acceptors (Lipinski definition) is 7. The summed E-state index contributed by atoms with van der Waals surface area (Å²) in [4.78, 5) is 4.16. The zero-order chi connectivity index (χ0) is 17.2. The molecule has 1 saturated heterocycles. The molecule has 0 saturated carbocycles. The van der Waals surface area contributed by atoms with E-state index in [2.05, 4.69) is 4.98 Å². The van der Waals surface area contributed by atoms with Gasteiger partial charge in [-0.1, -0.05) is 11.3 Å². The fraction of sp³-hybridized carbons (Fsp3) is 0.400. The highest BCUT2D eigenvalue weighted by molar-refractivity contribution is 7.89. The van der Waals surface area contributed by atoms with E-state index in [1.54, 1.807) is 18.3 Å². The van der Waals surface area contributed by atoms with Crippen molar-refractivity contribution in [3.8, 4) is 16.7 Å². The molecule has 0 N–H and O–H groups in total. The Hall–Kier alpha value is -1.84. The summed E-state index contributed by atoms with van der Waals surface area (Å²) in [6.45, 7) is 0.668. The summed E-state index contributed by atoms with van der Waals surface area (Å²) in [5.74, 6) is 0.754. The number of ether oxygens (including phenoxy) is 3. The van der Waals surface area contributed by atoms with Crippen LogP contribution in [0.1, 0.15) is 6.42 Å². The van der Waals surface area contributed by atoms with E-state index in [-0.39, 0.29) is 17.5 Å². The molecule has 0 bridgehead atoms. The fourth-order valence-electron chi connectivity index (χ4n) is 2.55. The largest absolute Gasteiger partial charge is 0.497 e. The van der Waals surface area contributed by atoms with Crippen molar-refractivity contribution in [3.63, 3.8) is 0 Å². The van der Waals surface area contributed by atoms with E-state index >= 15 is 0 Å². The van der Waals surface area contributed by atoms with Gasteiger partial charge >= 0.3 is 0 Å². The molecule has 1 unspecified atom stereocenters. The second kappa shape index (κ2) is 6.96. The Morgan fingerprint density at radius 3 is 2.79 bits per heavy atom. The predicted octanol–water partition coefficient (Wildman–Crippen LogP) is 2.00. The smallest absolute Gasteiger partial charge is 0.273 e. The van der Waals surface area contributed by atoms with Gasteiger partial charge in [0, 0.05) is 24.2 Å². The Bertz CT molecular complexity index is 792. The molecule has 0 spiro atoms. The summed E-state index contributed by atoms with van der Waals surface area (Å²) in [6.07, 6.45) is 2.07. The van der Waals surface area contributed by atoms with Crippen molar-refractivity contribution < 1.29 is 22.6 Å². The van der Waals surface area contributed by atoms with Crippen molar-refractivity contribution in [2.75, 3.05) is 27.3 Å². The first-order valence-corrected chi connectivity index (χ1v) is 9.65. The predicted molar refractivity (Wildman–Crippen MR) is 89.5 cm³/mol. The molecule has 2 heterocycles. The van der Waals surface area contributed by atoms with Crippen molar-refractivity contribution >= 4 is 21.4 Å². The van der Waals surface area contributed by atoms with Gasteiger partial charge in [-0.25, -0.2) is 13.4 Å². The Labute approximate surface area is 144 Å². The van der Waals surface area contributed by atoms with Crippen LogP contribution in [0.15, 0.2) is 34.7 Å². The number of rotatable bonds is 6. The summed E-state index contributed by atoms with van der Waals surface area (Å²) in [5.41, 5.74) is 0. The monoisotopic (exact) mass is 370 g/mol. The zero-order valence-corrected chi connectivity index (χ0v) is 15.0. The van der Waals surface area contributed by atoms with Gasteiger partial charge < -0.3 is 14.2 Å². The van der Waals surface area contributed by atoms with Crippen LogP contribution in [0.25, 0.3) is 0 Å². The minimum absolute atomic E-state index is 0.0965. The first-order chi connectivity index (χ1) is 11.5. The topological polar surface area (TPSA) is 78.0 Å². The molecule has 24 heavy (non-hydrogen) atoms. The molecule has 2 aromatic rings. The Morgan fingerprint density at radius 1 is 1.29 bits per heavy atom. The van der Waals surface area contributed by atoms with Crippen LogP contribution in [0.5, 0.6) is 16.7 Å². The van der Waals surface area contributed by atoms with Crippen LogP contribution in [0.2, 0.25) is 0 Å². The first kappa shape index (κ1) is 17.0. The van der Waals surface area contributed by atoms with Gasteiger partial charge in [-0.05, 0) is 18.6 Å². The molecule has 1 atom stereocenters. The molecule has 9 heteroatoms. The lowest BCUT2D eigenvalue weighted by molar-refractivity contribution is 0.214. The van der Waals surface area contributed by atoms with Gasteiger partial charge in [0.15, 0.2) is 0 Å². The number of hydrogen-bond donors (Lipinski definition) is 0. The van der Waals surface area contributed by atoms with Gasteiger partial charge in [0.1, 0.15) is 22.5 Å². The molecule has 3 rings (SSSR count). The lowest BCUT2D eigenvalue weighted by Crippen LogP contribution is -2.31. The van der Waals surface area contributed by atoms with E-state index in [4.69, 9.17) is 14.2 Å². The third-order valence-electron chi connectivity index (χ3n) is 3.77. The Kier molecular flexibility index (Phi) is 4.93. The average Bonchev–Trinajstić information content (AvgIpc) is 3.27. The lowest BCUT2D eigenvalue weighted by Gasteiger charge is -2.19. The highest BCUT2D eigenvalue weighted by atomic mass is 32.2. The van der Waals surface area contributed by atoms with Crippen LogP contribution in [0, 0.1) is 0 Å². The van der Waals surface area contributed by atoms with Crippen LogP contribution < -0.4 is 14.2 Å². The fourth-order valence-corrected chi connectivity index (χ4v) is 4.76. The maximum absolute atomic E-state index is 13.0. The normalized spacial score (nSPS) is 18.5. The van der Waals surface area contributed by atoms with E-state index in [0.29, 0.717) is 29.7 Å². The van der Waals surface area contributed by atoms with Gasteiger partial charge in [0.25, 0.3) is 5.19 Å². The van der Waals surface area contributed by atoms with E-state index in [9.17, 15) is 8.42 Å². The van der Waals surface area contributed by atoms with Crippen molar-refractivity contribution in [3.05, 3.63) is 29.8 Å². The maximum atomic E-state index is 13.0. The molecule has 1 aromatic heterocycles. The molecule has 1 aliphatic rings. The number of aromatic nitrogens is 1. The average molecular weight is 370 g/mol. The molecule has 0 amide bonds. The highest BCUT2D eigenvalue weighted by Gasteiger charge is 2.35. The molecule has 130 valence electrons. The van der Waals surface area contributed by atoms with E-state index in [0.717, 1.165) is 0 Å². The van der Waals surface area contributed by atoms with Crippen LogP contribution in [-0.4, -0.2) is 51.1 Å². The minimum Gasteiger partial charge on any atom is -0.497 e. The van der Waals surface area contributed by atoms with Crippen LogP contribution in [0.3, 0.4) is 0 Å². The van der Waals surface area contributed by atoms with Crippen molar-refractivity contribution in [1.29, 1.82) is 0 Å². The van der Waals surface area contributed by atoms with Crippen LogP contribution in [0.4, 0.5) is 0 Å². The zero-order valence-electron chi connectivity index (χ0n) is 13.3. The number of nitrogens with zero attached hydrogens (tertiary/aromatic N) is 2. The Morgan fingerprint density at radius 2 is 2.12 bits per heavy atom. The molecule has 0 radical (unpaired) electrons. The van der Waals surface area contributed by atoms with E-state index < -0.39 is 10.0 Å². The summed E-state index contributed by atoms with van der Waals surface area (Å²) in [6, 6.07) is 4.73. The quantitative estimate of drug-likeness (QED) is 0.774. The SMILES string of the molecule is COc1ccc(OC)c(S(=O)(=O)N2CCC(Oc3nccs3)C2)c1. The molecular formula is C15H18N2O5S2. The standard InChI is InChI=1S/C15H18N2O5S2/c1-20-11-3-4-13(21-2)14(9-11)24(18,19)17-7-5-12(10-17)22-15-16-6-8-23-15/h3-4,6,8-9,12H,5,7,10H2,1-2H3. The summed E-state index contributed by atoms with van der Waals surface area (Å²) in [7, 11) is -0.759. The van der Waals surface area contributed by atoms with Gasteiger partial charge in [0.2, 0.25) is 10.0 Å². The summed E-state index contributed by atoms with van der Waals surface area (Å²) >= 11 is 1.39. The molecule has 1 fully saturated rings. The molecule has 7 nitrogen and oxygen atoms in total. The number of thiazole rings is 1. The summed E-state index contributed by atoms with van der Waals surface area (Å²) in [5, 5.41) is 2.37. The number of benzene rings is 1. The second-order valence-electron chi connectivity index (χ2n) is 5.21. The minimum atomic E-state index is -3.69. The molecule has 1 aromatic carbocycles. The van der Waals surface area contributed by atoms with E-state index in [1.807, 2.05) is 5.38 Å². The highest BCUT2D eigenvalue weighted by Crippen LogP contribution is 2.32. The Balaban J connectivity index is 1.81. The molecule has 0 aliphatic carbocycles. The molecular weight excluding hydrogens is 352 g/mol. The number of sulfonamides is 1.